The summed E-state index contributed by atoms with van der Waals surface area (Å²) in [6.07, 6.45) is 1.94. The van der Waals surface area contributed by atoms with E-state index in [2.05, 4.69) is 22.3 Å². The van der Waals surface area contributed by atoms with Crippen LogP contribution in [0.1, 0.15) is 17.6 Å². The fourth-order valence-electron chi connectivity index (χ4n) is 1.58. The van der Waals surface area contributed by atoms with Gasteiger partial charge in [0, 0.05) is 46.5 Å². The molecule has 0 spiro atoms. The van der Waals surface area contributed by atoms with E-state index in [-0.39, 0.29) is 24.0 Å². The van der Waals surface area contributed by atoms with Crippen LogP contribution >= 0.6 is 35.3 Å². The molecular formula is C12H23IN4S. The van der Waals surface area contributed by atoms with E-state index < -0.39 is 0 Å². The molecule has 4 nitrogen and oxygen atoms in total. The van der Waals surface area contributed by atoms with Crippen molar-refractivity contribution in [3.8, 4) is 0 Å². The van der Waals surface area contributed by atoms with Crippen LogP contribution in [0.15, 0.2) is 10.4 Å². The largest absolute Gasteiger partial charge is 0.349 e. The molecule has 0 saturated carbocycles. The summed E-state index contributed by atoms with van der Waals surface area (Å²) in [5.41, 5.74) is 1.16. The van der Waals surface area contributed by atoms with Gasteiger partial charge in [-0.25, -0.2) is 4.98 Å². The number of thiazole rings is 1. The summed E-state index contributed by atoms with van der Waals surface area (Å²) >= 11 is 1.74. The zero-order chi connectivity index (χ0) is 12.8. The van der Waals surface area contributed by atoms with E-state index in [1.165, 1.54) is 5.01 Å². The number of hydrogen-bond acceptors (Lipinski definition) is 3. The van der Waals surface area contributed by atoms with E-state index in [0.717, 1.165) is 31.0 Å². The highest BCUT2D eigenvalue weighted by Gasteiger charge is 2.04. The third-order valence-corrected chi connectivity index (χ3v) is 3.36. The van der Waals surface area contributed by atoms with Crippen molar-refractivity contribution in [2.24, 2.45) is 4.99 Å². The van der Waals surface area contributed by atoms with Crippen LogP contribution in [0, 0.1) is 0 Å². The Morgan fingerprint density at radius 2 is 1.89 bits per heavy atom. The Morgan fingerprint density at radius 3 is 2.33 bits per heavy atom. The van der Waals surface area contributed by atoms with Gasteiger partial charge < -0.3 is 9.80 Å². The van der Waals surface area contributed by atoms with Gasteiger partial charge in [0.1, 0.15) is 0 Å². The molecule has 0 aliphatic rings. The molecule has 18 heavy (non-hydrogen) atoms. The fraction of sp³-hybridized carbons (Fsp3) is 0.667. The first kappa shape index (κ1) is 17.6. The minimum atomic E-state index is 0. The van der Waals surface area contributed by atoms with Gasteiger partial charge in [0.05, 0.1) is 10.7 Å². The molecule has 104 valence electrons. The van der Waals surface area contributed by atoms with Crippen molar-refractivity contribution >= 4 is 41.3 Å². The van der Waals surface area contributed by atoms with Crippen molar-refractivity contribution in [1.82, 2.24) is 14.8 Å². The van der Waals surface area contributed by atoms with Gasteiger partial charge in [0.25, 0.3) is 0 Å². The number of nitrogens with zero attached hydrogens (tertiary/aromatic N) is 4. The number of aromatic nitrogens is 1. The molecule has 1 heterocycles. The quantitative estimate of drug-likeness (QED) is 0.455. The van der Waals surface area contributed by atoms with Crippen molar-refractivity contribution in [1.29, 1.82) is 0 Å². The van der Waals surface area contributed by atoms with Crippen LogP contribution in [0.2, 0.25) is 0 Å². The molecule has 1 aromatic rings. The van der Waals surface area contributed by atoms with Crippen molar-refractivity contribution < 1.29 is 0 Å². The Bertz CT molecular complexity index is 364. The van der Waals surface area contributed by atoms with Gasteiger partial charge in [0.2, 0.25) is 0 Å². The molecule has 0 atom stereocenters. The maximum atomic E-state index is 4.59. The normalized spacial score (nSPS) is 9.61. The topological polar surface area (TPSA) is 31.7 Å². The Labute approximate surface area is 131 Å². The molecule has 0 saturated heterocycles. The number of rotatable bonds is 4. The summed E-state index contributed by atoms with van der Waals surface area (Å²) in [5, 5.41) is 3.35. The first-order valence-corrected chi connectivity index (χ1v) is 6.75. The zero-order valence-corrected chi connectivity index (χ0v) is 15.0. The lowest BCUT2D eigenvalue weighted by Gasteiger charge is -2.22. The van der Waals surface area contributed by atoms with E-state index in [4.69, 9.17) is 0 Å². The summed E-state index contributed by atoms with van der Waals surface area (Å²) in [6, 6.07) is 0. The Morgan fingerprint density at radius 1 is 1.28 bits per heavy atom. The van der Waals surface area contributed by atoms with Crippen molar-refractivity contribution in [2.45, 2.75) is 19.8 Å². The van der Waals surface area contributed by atoms with Crippen molar-refractivity contribution in [2.75, 3.05) is 34.7 Å². The molecule has 0 radical (unpaired) electrons. The molecule has 0 unspecified atom stereocenters. The third-order valence-electron chi connectivity index (χ3n) is 2.32. The SMILES string of the molecule is CCc1nc(CCN=C(N(C)C)N(C)C)cs1.I. The maximum absolute atomic E-state index is 4.59. The van der Waals surface area contributed by atoms with Crippen LogP contribution in [0.3, 0.4) is 0 Å². The van der Waals surface area contributed by atoms with Crippen LogP contribution in [0.25, 0.3) is 0 Å². The Hall–Kier alpha value is -0.370. The predicted molar refractivity (Wildman–Crippen MR) is 90.3 cm³/mol. The second-order valence-corrected chi connectivity index (χ2v) is 5.25. The Kier molecular flexibility index (Phi) is 8.51. The van der Waals surface area contributed by atoms with E-state index in [1.807, 2.05) is 38.0 Å². The average molecular weight is 382 g/mol. The first-order valence-electron chi connectivity index (χ1n) is 5.87. The summed E-state index contributed by atoms with van der Waals surface area (Å²) in [7, 11) is 8.04. The minimum absolute atomic E-state index is 0. The van der Waals surface area contributed by atoms with Gasteiger partial charge in [-0.3, -0.25) is 4.99 Å². The van der Waals surface area contributed by atoms with E-state index in [1.54, 1.807) is 11.3 Å². The highest BCUT2D eigenvalue weighted by molar-refractivity contribution is 14.0. The van der Waals surface area contributed by atoms with Gasteiger partial charge in [-0.05, 0) is 6.42 Å². The molecule has 1 rings (SSSR count). The number of halogens is 1. The summed E-state index contributed by atoms with van der Waals surface area (Å²) in [5.74, 6) is 0.996. The smallest absolute Gasteiger partial charge is 0.195 e. The second-order valence-electron chi connectivity index (χ2n) is 4.31. The predicted octanol–water partition coefficient (Wildman–Crippen LogP) is 2.35. The zero-order valence-electron chi connectivity index (χ0n) is 11.8. The van der Waals surface area contributed by atoms with E-state index in [9.17, 15) is 0 Å². The van der Waals surface area contributed by atoms with Gasteiger partial charge >= 0.3 is 0 Å². The summed E-state index contributed by atoms with van der Waals surface area (Å²) in [6.45, 7) is 2.93. The van der Waals surface area contributed by atoms with Crippen LogP contribution < -0.4 is 0 Å². The van der Waals surface area contributed by atoms with Gasteiger partial charge in [-0.2, -0.15) is 0 Å². The number of hydrogen-bond donors (Lipinski definition) is 0. The molecule has 0 N–H and O–H groups in total. The van der Waals surface area contributed by atoms with E-state index in [0.29, 0.717) is 0 Å². The molecular weight excluding hydrogens is 359 g/mol. The van der Waals surface area contributed by atoms with Crippen LogP contribution in [-0.2, 0) is 12.8 Å². The van der Waals surface area contributed by atoms with E-state index >= 15 is 0 Å². The molecule has 0 aliphatic heterocycles. The minimum Gasteiger partial charge on any atom is -0.349 e. The highest BCUT2D eigenvalue weighted by atomic mass is 127. The monoisotopic (exact) mass is 382 g/mol. The summed E-state index contributed by atoms with van der Waals surface area (Å²) < 4.78 is 0. The molecule has 6 heteroatoms. The van der Waals surface area contributed by atoms with Crippen molar-refractivity contribution in [3.63, 3.8) is 0 Å². The molecule has 0 bridgehead atoms. The molecule has 1 aromatic heterocycles. The standard InChI is InChI=1S/C12H22N4S.HI/c1-6-11-14-10(9-17-11)7-8-13-12(15(2)3)16(4)5;/h9H,6-8H2,1-5H3;1H. The Balaban J connectivity index is 0.00000289. The lowest BCUT2D eigenvalue weighted by molar-refractivity contribution is 0.479. The number of guanidine groups is 1. The second kappa shape index (κ2) is 8.68. The van der Waals surface area contributed by atoms with Gasteiger partial charge in [-0.1, -0.05) is 6.92 Å². The number of aliphatic imine (C=N–C) groups is 1. The first-order chi connectivity index (χ1) is 8.04. The number of aryl methyl sites for hydroxylation is 1. The fourth-order valence-corrected chi connectivity index (χ4v) is 2.36. The molecule has 0 aliphatic carbocycles. The van der Waals surface area contributed by atoms with Crippen molar-refractivity contribution in [3.05, 3.63) is 16.1 Å². The van der Waals surface area contributed by atoms with Crippen LogP contribution in [-0.4, -0.2) is 55.5 Å². The van der Waals surface area contributed by atoms with Crippen LogP contribution in [0.5, 0.6) is 0 Å². The van der Waals surface area contributed by atoms with Gasteiger partial charge in [-0.15, -0.1) is 35.3 Å². The van der Waals surface area contributed by atoms with Gasteiger partial charge in [0.15, 0.2) is 5.96 Å². The third kappa shape index (κ3) is 5.51. The maximum Gasteiger partial charge on any atom is 0.195 e. The lowest BCUT2D eigenvalue weighted by Crippen LogP contribution is -2.35. The molecule has 0 amide bonds. The molecule has 0 aromatic carbocycles. The summed E-state index contributed by atoms with van der Waals surface area (Å²) in [4.78, 5) is 13.2. The lowest BCUT2D eigenvalue weighted by atomic mass is 10.3. The average Bonchev–Trinajstić information content (AvgIpc) is 2.71. The molecule has 0 fully saturated rings. The highest BCUT2D eigenvalue weighted by Crippen LogP contribution is 2.10. The van der Waals surface area contributed by atoms with Crippen LogP contribution in [0.4, 0.5) is 0 Å².